The van der Waals surface area contributed by atoms with E-state index in [2.05, 4.69) is 251 Å². The Morgan fingerprint density at radius 1 is 0.410 bits per heavy atom. The van der Waals surface area contributed by atoms with Crippen LogP contribution >= 0.6 is 0 Å². The number of benzene rings is 5. The maximum Gasteiger partial charge on any atom is 0.227 e. The van der Waals surface area contributed by atoms with E-state index in [1.54, 1.807) is 25.0 Å². The fourth-order valence-electron chi connectivity index (χ4n) is 25.1. The molecule has 3 saturated heterocycles. The normalized spacial score (nSPS) is 27.2. The highest BCUT2D eigenvalue weighted by Gasteiger charge is 2.66. The molecule has 11 aromatic rings. The largest absolute Gasteiger partial charge is 0.435 e. The molecule has 8 fully saturated rings. The van der Waals surface area contributed by atoms with Gasteiger partial charge in [0.15, 0.2) is 34.4 Å². The van der Waals surface area contributed by atoms with Gasteiger partial charge >= 0.3 is 0 Å². The molecule has 15 nitrogen and oxygen atoms in total. The molecule has 6 aromatic heterocycles. The fraction of sp³-hybridized carbons (Fsp3) is 0.529. The Hall–Kier alpha value is -9.24. The topological polar surface area (TPSA) is 126 Å². The second kappa shape index (κ2) is 30.5. The van der Waals surface area contributed by atoms with Crippen molar-refractivity contribution >= 4 is 95.8 Å². The molecule has 618 valence electrons. The van der Waals surface area contributed by atoms with Gasteiger partial charge in [-0.05, 0) is 327 Å². The first kappa shape index (κ1) is 75.2. The van der Waals surface area contributed by atoms with Crippen LogP contribution in [0.25, 0.3) is 44.1 Å². The van der Waals surface area contributed by atoms with Crippen molar-refractivity contribution < 1.29 is 15.7 Å². The van der Waals surface area contributed by atoms with Crippen LogP contribution in [0.1, 0.15) is 247 Å². The second-order valence-electron chi connectivity index (χ2n) is 39.5. The number of furan rings is 2. The van der Waals surface area contributed by atoms with E-state index < -0.39 is 25.1 Å². The summed E-state index contributed by atoms with van der Waals surface area (Å²) < 4.78 is 53.9. The molecule has 2 spiro atoms. The predicted octanol–water partition coefficient (Wildman–Crippen LogP) is 25.7. The lowest BCUT2D eigenvalue weighted by Gasteiger charge is -2.62. The van der Waals surface area contributed by atoms with Crippen LogP contribution < -0.4 is 34.3 Å². The molecule has 10 aliphatic rings. The van der Waals surface area contributed by atoms with Crippen LogP contribution in [-0.2, 0) is 0 Å². The molecular formula is C102H133N13O2. The number of rotatable bonds is 7. The Balaban J connectivity index is 0.000000115. The third-order valence-corrected chi connectivity index (χ3v) is 29.7. The van der Waals surface area contributed by atoms with Crippen molar-refractivity contribution in [2.45, 2.75) is 309 Å². The molecule has 5 aromatic carbocycles. The molecule has 117 heavy (non-hydrogen) atoms. The van der Waals surface area contributed by atoms with E-state index in [-0.39, 0.29) is 22.8 Å². The van der Waals surface area contributed by atoms with Gasteiger partial charge in [0.1, 0.15) is 12.3 Å². The summed E-state index contributed by atoms with van der Waals surface area (Å²) in [5.41, 5.74) is 19.0. The molecule has 6 atom stereocenters. The van der Waals surface area contributed by atoms with Crippen LogP contribution in [-0.4, -0.2) is 89.0 Å². The lowest BCUT2D eigenvalue weighted by Crippen LogP contribution is -2.57. The van der Waals surface area contributed by atoms with Crippen molar-refractivity contribution in [2.24, 2.45) is 39.9 Å². The van der Waals surface area contributed by atoms with Crippen LogP contribution in [0.4, 0.5) is 51.7 Å². The number of anilines is 9. The van der Waals surface area contributed by atoms with E-state index in [4.69, 9.17) is 15.7 Å². The predicted molar refractivity (Wildman–Crippen MR) is 489 cm³/mol. The van der Waals surface area contributed by atoms with Gasteiger partial charge in [-0.2, -0.15) is 0 Å². The third kappa shape index (κ3) is 14.0. The van der Waals surface area contributed by atoms with Crippen molar-refractivity contribution in [3.8, 4) is 0 Å². The van der Waals surface area contributed by atoms with Gasteiger partial charge < -0.3 is 33.3 Å². The minimum atomic E-state index is -2.56. The zero-order valence-electron chi connectivity index (χ0n) is 79.4. The summed E-state index contributed by atoms with van der Waals surface area (Å²) in [5, 5.41) is 3.83. The number of aromatic nitrogens is 6. The van der Waals surface area contributed by atoms with Crippen LogP contribution in [0.5, 0.6) is 0 Å². The van der Waals surface area contributed by atoms with E-state index in [9.17, 15) is 0 Å². The van der Waals surface area contributed by atoms with E-state index in [1.807, 2.05) is 81.7 Å². The summed E-state index contributed by atoms with van der Waals surface area (Å²) in [6, 6.07) is 42.1. The summed E-state index contributed by atoms with van der Waals surface area (Å²) in [6.45, 7) is 48.0. The van der Waals surface area contributed by atoms with Gasteiger partial charge in [-0.25, -0.2) is 29.9 Å². The van der Waals surface area contributed by atoms with Gasteiger partial charge in [-0.15, -0.1) is 0 Å². The number of pyridine rings is 2. The number of aryl methyl sites for hydroxylation is 7. The maximum atomic E-state index is 8.75. The number of hydrogen-bond donors (Lipinski definition) is 0. The third-order valence-electron chi connectivity index (χ3n) is 29.7. The monoisotopic (exact) mass is 1580 g/mol. The summed E-state index contributed by atoms with van der Waals surface area (Å²) >= 11 is 0. The standard InChI is InChI=1S/C23H33N.2C22H23N5O.C19H29N.C16H25N/c1-15-7-5-6-8-21(15)24-16(2)23(14-22(24,3)4)19-10-17-9-18(12-19)13-20(23)11-17;2*1-12(2)26-15(5)27(21-20(26)23-10-11-24-21)18-13(3)6-8-16-17-9-7-14(4)25-22(17)28-19(16)18;1-15-10-6-7-11-17(15)20-16(2)19(14-18(20,3)4)12-8-5-9-13-19;1-12-9-7-8-10-14(12)17-13(2)15(3,4)11-16(17,5)6/h5-8,16-20H,9-14H2,1-4H3;2*6-12,15H,1-5H3;6-7,10-11,16H,5,8-9,12-14H2,1-4H3;7-10,13H,11H2,1-6H3/t16-,17?,18?,19?,20?,23?;2*15-;16-;13-/m00000/s1/i;1D3,12D;12D;;/t;12?,15-;m;;. The van der Waals surface area contributed by atoms with E-state index in [0.29, 0.717) is 68.8 Å². The highest BCUT2D eigenvalue weighted by Crippen LogP contribution is 2.70. The van der Waals surface area contributed by atoms with Crippen LogP contribution in [0.3, 0.4) is 0 Å². The van der Waals surface area contributed by atoms with Crippen molar-refractivity contribution in [1.82, 2.24) is 29.9 Å². The first-order chi connectivity index (χ1) is 57.4. The fourth-order valence-corrected chi connectivity index (χ4v) is 25.1. The second-order valence-corrected chi connectivity index (χ2v) is 39.5. The van der Waals surface area contributed by atoms with Gasteiger partial charge in [-0.3, -0.25) is 9.80 Å². The highest BCUT2D eigenvalue weighted by atomic mass is 16.3. The minimum Gasteiger partial charge on any atom is -0.435 e. The average molecular weight is 1580 g/mol. The molecule has 4 bridgehead atoms. The van der Waals surface area contributed by atoms with Gasteiger partial charge in [0.25, 0.3) is 0 Å². The molecule has 0 N–H and O–H groups in total. The molecule has 0 amide bonds. The van der Waals surface area contributed by atoms with Crippen molar-refractivity contribution in [3.63, 3.8) is 0 Å². The molecule has 5 aliphatic heterocycles. The zero-order chi connectivity index (χ0) is 87.4. The van der Waals surface area contributed by atoms with E-state index >= 15 is 0 Å². The maximum absolute atomic E-state index is 8.75. The Labute approximate surface area is 705 Å². The molecule has 15 heteroatoms. The summed E-state index contributed by atoms with van der Waals surface area (Å²) in [6.07, 6.45) is 24.6. The Bertz CT molecular complexity index is 5700. The number of fused-ring (bicyclic) bond motifs is 8. The van der Waals surface area contributed by atoms with Crippen molar-refractivity contribution in [1.29, 1.82) is 0 Å². The Morgan fingerprint density at radius 2 is 0.795 bits per heavy atom. The first-order valence-corrected chi connectivity index (χ1v) is 43.9. The Morgan fingerprint density at radius 3 is 1.21 bits per heavy atom. The molecule has 0 radical (unpaired) electrons. The lowest BCUT2D eigenvalue weighted by molar-refractivity contribution is -0.113. The van der Waals surface area contributed by atoms with Gasteiger partial charge in [0, 0.05) is 126 Å². The molecule has 5 saturated carbocycles. The smallest absolute Gasteiger partial charge is 0.227 e. The molecule has 1 unspecified atom stereocenters. The van der Waals surface area contributed by atoms with Gasteiger partial charge in [0.2, 0.25) is 11.4 Å². The highest BCUT2D eigenvalue weighted by molar-refractivity contribution is 6.11. The summed E-state index contributed by atoms with van der Waals surface area (Å²) in [5.74, 6) is 6.43. The van der Waals surface area contributed by atoms with Crippen LogP contribution in [0, 0.1) is 88.4 Å². The summed E-state index contributed by atoms with van der Waals surface area (Å²) in [4.78, 5) is 42.9. The van der Waals surface area contributed by atoms with Crippen molar-refractivity contribution in [2.75, 3.05) is 34.3 Å². The van der Waals surface area contributed by atoms with Crippen LogP contribution in [0.2, 0.25) is 0 Å². The van der Waals surface area contributed by atoms with E-state index in [1.165, 1.54) is 129 Å². The zero-order valence-corrected chi connectivity index (χ0v) is 74.4. The summed E-state index contributed by atoms with van der Waals surface area (Å²) in [7, 11) is 0. The number of para-hydroxylation sites is 3. The number of nitrogens with zero attached hydrogens (tertiary/aromatic N) is 13. The van der Waals surface area contributed by atoms with Crippen LogP contribution in [0.15, 0.2) is 155 Å². The molecular weight excluding hydrogens is 1440 g/mol. The average Bonchev–Trinajstić information content (AvgIpc) is 1.51. The first-order valence-electron chi connectivity index (χ1n) is 46.4. The quantitative estimate of drug-likeness (QED) is 0.150. The van der Waals surface area contributed by atoms with Gasteiger partial charge in [0.05, 0.1) is 14.1 Å². The number of hydrogen-bond acceptors (Lipinski definition) is 15. The molecule has 21 rings (SSSR count). The SMILES string of the molecule is Cc1ccccc1N1[C@@H](C)C(C)(C)CC1(C)C.Cc1ccccc1N1[C@@H](C)C2(CC1(C)C)C1CC3CC(C1)CC2C3.Cc1ccccc1N1[C@@H](C)C2(CCCCC2)CC1(C)C.[2H]C(C)(C)N1c2nccnc2N(c2c(C)ccc3c2oc2nc(C)ccc23)[C@H]1C.[2H]C([2H])([2H])C([2H])(C)N1c2nccnc2N(c2c(C)ccc3c2oc2nc(C)ccc23)[C@H]1C. The molecule has 11 heterocycles. The van der Waals surface area contributed by atoms with E-state index in [0.717, 1.165) is 90.5 Å². The van der Waals surface area contributed by atoms with Gasteiger partial charge in [-0.1, -0.05) is 112 Å². The Kier molecular flexibility index (Phi) is 19.6. The molecule has 5 aliphatic carbocycles. The lowest BCUT2D eigenvalue weighted by atomic mass is 9.43. The van der Waals surface area contributed by atoms with Crippen molar-refractivity contribution in [3.05, 3.63) is 185 Å². The minimum absolute atomic E-state index is 0.146.